The molecule has 0 bridgehead atoms. The number of aryl methyl sites for hydroxylation is 2. The van der Waals surface area contributed by atoms with Crippen LogP contribution < -0.4 is 14.8 Å². The van der Waals surface area contributed by atoms with E-state index in [-0.39, 0.29) is 0 Å². The Kier molecular flexibility index (Phi) is 4.52. The van der Waals surface area contributed by atoms with E-state index in [4.69, 9.17) is 0 Å². The Bertz CT molecular complexity index is 1310. The molecule has 0 unspecified atom stereocenters. The summed E-state index contributed by atoms with van der Waals surface area (Å²) >= 11 is -0.417. The maximum absolute atomic E-state index is 2.69. The number of benzene rings is 3. The zero-order chi connectivity index (χ0) is 20.2. The number of hydrogen-bond donors (Lipinski definition) is 0. The summed E-state index contributed by atoms with van der Waals surface area (Å²) in [6, 6.07) is 20.8. The third-order valence-electron chi connectivity index (χ3n) is 6.77. The van der Waals surface area contributed by atoms with Crippen molar-refractivity contribution >= 4 is 34.9 Å². The van der Waals surface area contributed by atoms with Crippen LogP contribution in [0.4, 0.5) is 5.69 Å². The second kappa shape index (κ2) is 7.26. The van der Waals surface area contributed by atoms with Gasteiger partial charge in [-0.05, 0) is 0 Å². The Balaban J connectivity index is 1.80. The van der Waals surface area contributed by atoms with Crippen molar-refractivity contribution < 1.29 is 0 Å². The molecule has 0 amide bonds. The number of anilines is 1. The Morgan fingerprint density at radius 1 is 0.900 bits per heavy atom. The van der Waals surface area contributed by atoms with Crippen LogP contribution in [0.2, 0.25) is 0 Å². The van der Waals surface area contributed by atoms with Crippen LogP contribution in [0.15, 0.2) is 54.6 Å². The molecule has 0 N–H and O–H groups in total. The van der Waals surface area contributed by atoms with Crippen molar-refractivity contribution in [1.82, 2.24) is 4.58 Å². The van der Waals surface area contributed by atoms with Crippen LogP contribution in [0.5, 0.6) is 0 Å². The van der Waals surface area contributed by atoms with E-state index in [0.29, 0.717) is 0 Å². The van der Waals surface area contributed by atoms with Crippen molar-refractivity contribution in [2.24, 2.45) is 0 Å². The van der Waals surface area contributed by atoms with Gasteiger partial charge in [0.05, 0.1) is 0 Å². The summed E-state index contributed by atoms with van der Waals surface area (Å²) in [4.78, 5) is 2.69. The van der Waals surface area contributed by atoms with Crippen molar-refractivity contribution in [3.63, 3.8) is 0 Å². The molecule has 1 aliphatic carbocycles. The minimum absolute atomic E-state index is 0.417. The monoisotopic (exact) mass is 509 g/mol. The average Bonchev–Trinajstić information content (AvgIpc) is 2.78. The number of fused-ring (bicyclic) bond motifs is 3. The summed E-state index contributed by atoms with van der Waals surface area (Å²) in [5.74, 6) is 0. The predicted molar refractivity (Wildman–Crippen MR) is 129 cm³/mol. The summed E-state index contributed by atoms with van der Waals surface area (Å²) in [5.41, 5.74) is 9.21. The SMILES string of the molecule is C[N+](C)=c1ccc2c(-c3ccccc3)c3cc4c5c(c3[te]c-2c1)CCCN5CCC4. The first-order chi connectivity index (χ1) is 14.7. The molecule has 0 atom stereocenters. The van der Waals surface area contributed by atoms with Crippen molar-refractivity contribution in [2.45, 2.75) is 25.7 Å². The van der Waals surface area contributed by atoms with Gasteiger partial charge in [0.25, 0.3) is 0 Å². The molecular weight excluding hydrogens is 480 g/mol. The van der Waals surface area contributed by atoms with Crippen LogP contribution >= 0.6 is 0 Å². The average molecular weight is 507 g/mol. The molecule has 30 heavy (non-hydrogen) atoms. The molecule has 0 aromatic heterocycles. The molecule has 0 radical (unpaired) electrons. The van der Waals surface area contributed by atoms with Crippen LogP contribution in [0.25, 0.3) is 29.1 Å². The Hall–Kier alpha value is -2.08. The molecule has 4 aliphatic rings. The van der Waals surface area contributed by atoms with Gasteiger partial charge in [-0.1, -0.05) is 0 Å². The van der Waals surface area contributed by atoms with E-state index in [1.165, 1.54) is 60.8 Å². The van der Waals surface area contributed by atoms with Crippen LogP contribution in [-0.4, -0.2) is 47.6 Å². The summed E-state index contributed by atoms with van der Waals surface area (Å²) in [6.45, 7) is 2.49. The van der Waals surface area contributed by atoms with Gasteiger partial charge in [-0.3, -0.25) is 0 Å². The van der Waals surface area contributed by atoms with Crippen molar-refractivity contribution in [2.75, 3.05) is 32.1 Å². The zero-order valence-electron chi connectivity index (χ0n) is 17.7. The summed E-state index contributed by atoms with van der Waals surface area (Å²) in [5, 5.41) is 2.87. The van der Waals surface area contributed by atoms with Gasteiger partial charge in [0.1, 0.15) is 0 Å². The van der Waals surface area contributed by atoms with E-state index < -0.39 is 20.4 Å². The number of rotatable bonds is 1. The quantitative estimate of drug-likeness (QED) is 0.211. The van der Waals surface area contributed by atoms with Gasteiger partial charge in [0.15, 0.2) is 0 Å². The molecule has 2 aromatic carbocycles. The maximum atomic E-state index is 2.69. The van der Waals surface area contributed by atoms with E-state index in [1.807, 2.05) is 0 Å². The number of hydrogen-bond acceptors (Lipinski definition) is 1. The standard InChI is InChI=1S/C27H27N2Te/c1-28(2)20-12-13-21-24(17-20)30-27-22-11-7-15-29-14-6-10-19(26(22)29)16-23(27)25(21)18-8-4-3-5-9-18/h3-5,8-9,12-13,16-17H,6-7,10-11,14-15H2,1-2H3/q+1. The van der Waals surface area contributed by atoms with Gasteiger partial charge in [0.2, 0.25) is 0 Å². The molecule has 0 spiro atoms. The third-order valence-corrected chi connectivity index (χ3v) is 10.3. The molecule has 0 fully saturated rings. The molecule has 3 heteroatoms. The second-order valence-corrected chi connectivity index (χ2v) is 11.9. The fourth-order valence-electron chi connectivity index (χ4n) is 5.38. The third kappa shape index (κ3) is 2.87. The van der Waals surface area contributed by atoms with Gasteiger partial charge in [-0.2, -0.15) is 0 Å². The second-order valence-electron chi connectivity index (χ2n) is 8.85. The first-order valence-corrected chi connectivity index (χ1v) is 13.4. The van der Waals surface area contributed by atoms with Gasteiger partial charge >= 0.3 is 189 Å². The van der Waals surface area contributed by atoms with E-state index >= 15 is 0 Å². The van der Waals surface area contributed by atoms with Crippen molar-refractivity contribution in [3.8, 4) is 20.3 Å². The molecule has 2 aromatic rings. The van der Waals surface area contributed by atoms with E-state index in [2.05, 4.69) is 78.2 Å². The zero-order valence-corrected chi connectivity index (χ0v) is 20.1. The topological polar surface area (TPSA) is 6.25 Å². The van der Waals surface area contributed by atoms with Gasteiger partial charge in [0, 0.05) is 0 Å². The molecule has 3 heterocycles. The van der Waals surface area contributed by atoms with Crippen LogP contribution in [0.3, 0.4) is 0 Å². The Morgan fingerprint density at radius 2 is 1.70 bits per heavy atom. The minimum atomic E-state index is -0.417. The first kappa shape index (κ1) is 18.7. The Labute approximate surface area is 188 Å². The molecule has 0 saturated carbocycles. The normalized spacial score (nSPS) is 15.5. The van der Waals surface area contributed by atoms with Gasteiger partial charge in [-0.25, -0.2) is 0 Å². The van der Waals surface area contributed by atoms with Crippen LogP contribution in [-0.2, 0) is 12.8 Å². The molecule has 6 rings (SSSR count). The van der Waals surface area contributed by atoms with Crippen LogP contribution in [0, 0.1) is 0 Å². The van der Waals surface area contributed by atoms with Gasteiger partial charge in [-0.15, -0.1) is 0 Å². The summed E-state index contributed by atoms with van der Waals surface area (Å²) < 4.78 is 5.55. The first-order valence-electron chi connectivity index (χ1n) is 11.1. The molecule has 150 valence electrons. The van der Waals surface area contributed by atoms with E-state index in [9.17, 15) is 0 Å². The molecule has 0 saturated heterocycles. The van der Waals surface area contributed by atoms with Crippen molar-refractivity contribution in [3.05, 3.63) is 71.1 Å². The van der Waals surface area contributed by atoms with Crippen molar-refractivity contribution in [1.29, 1.82) is 0 Å². The molecule has 2 nitrogen and oxygen atoms in total. The summed E-state index contributed by atoms with van der Waals surface area (Å²) in [6.07, 6.45) is 5.10. The van der Waals surface area contributed by atoms with Gasteiger partial charge < -0.3 is 0 Å². The number of nitrogens with zero attached hydrogens (tertiary/aromatic N) is 2. The summed E-state index contributed by atoms with van der Waals surface area (Å²) in [7, 11) is 4.30. The van der Waals surface area contributed by atoms with E-state index in [1.54, 1.807) is 29.2 Å². The molecular formula is C27H27N2Te+. The van der Waals surface area contributed by atoms with Crippen LogP contribution in [0.1, 0.15) is 24.0 Å². The fraction of sp³-hybridized carbons (Fsp3) is 0.296. The molecule has 3 aliphatic heterocycles. The Morgan fingerprint density at radius 3 is 2.50 bits per heavy atom. The van der Waals surface area contributed by atoms with E-state index in [0.717, 1.165) is 0 Å². The predicted octanol–water partition coefficient (Wildman–Crippen LogP) is 4.40. The fourth-order valence-corrected chi connectivity index (χ4v) is 9.02.